The molecule has 1 rings (SSSR count). The van der Waals surface area contributed by atoms with Crippen LogP contribution in [0.2, 0.25) is 0 Å². The van der Waals surface area contributed by atoms with E-state index in [1.165, 1.54) is 7.11 Å². The molecule has 0 N–H and O–H groups in total. The van der Waals surface area contributed by atoms with E-state index < -0.39 is 18.5 Å². The Labute approximate surface area is 61.6 Å². The van der Waals surface area contributed by atoms with Crippen LogP contribution in [0.15, 0.2) is 0 Å². The zero-order valence-corrected chi connectivity index (χ0v) is 7.32. The molecule has 1 fully saturated rings. The molecule has 10 heavy (non-hydrogen) atoms. The number of rotatable bonds is 1. The minimum atomic E-state index is -3.24. The fourth-order valence-corrected chi connectivity index (χ4v) is 3.86. The first-order valence-corrected chi connectivity index (χ1v) is 5.82. The van der Waals surface area contributed by atoms with Crippen molar-refractivity contribution in [3.8, 4) is 0 Å². The smallest absolute Gasteiger partial charge is 0.272 e. The van der Waals surface area contributed by atoms with E-state index in [2.05, 4.69) is 3.97 Å². The lowest BCUT2D eigenvalue weighted by atomic mass is 10.6. The summed E-state index contributed by atoms with van der Waals surface area (Å²) < 4.78 is 30.9. The van der Waals surface area contributed by atoms with Crippen molar-refractivity contribution in [3.05, 3.63) is 0 Å². The van der Waals surface area contributed by atoms with Crippen LogP contribution in [0.3, 0.4) is 0 Å². The van der Waals surface area contributed by atoms with Gasteiger partial charge in [0.1, 0.15) is 0 Å². The molecule has 0 bridgehead atoms. The van der Waals surface area contributed by atoms with Gasteiger partial charge < -0.3 is 4.52 Å². The lowest BCUT2D eigenvalue weighted by Gasteiger charge is -2.18. The lowest BCUT2D eigenvalue weighted by molar-refractivity contribution is 0.384. The van der Waals surface area contributed by atoms with Crippen LogP contribution in [-0.4, -0.2) is 27.4 Å². The summed E-state index contributed by atoms with van der Waals surface area (Å²) in [5, 5.41) is 0. The highest BCUT2D eigenvalue weighted by Gasteiger charge is 2.25. The SMILES string of the molecule is COP1CCCS(=O)(=O)O1. The molecule has 0 aromatic carbocycles. The monoisotopic (exact) mass is 184 g/mol. The van der Waals surface area contributed by atoms with Crippen molar-refractivity contribution in [2.45, 2.75) is 6.42 Å². The molecular weight excluding hydrogens is 175 g/mol. The molecule has 0 radical (unpaired) electrons. The van der Waals surface area contributed by atoms with Gasteiger partial charge in [-0.05, 0) is 6.42 Å². The van der Waals surface area contributed by atoms with Gasteiger partial charge >= 0.3 is 0 Å². The van der Waals surface area contributed by atoms with Crippen LogP contribution in [0.25, 0.3) is 0 Å². The standard InChI is InChI=1S/C4H9O4PS/c1-7-9-3-2-4-10(5,6)8-9/h2-4H2,1H3. The molecule has 0 aliphatic carbocycles. The van der Waals surface area contributed by atoms with Crippen LogP contribution >= 0.6 is 8.38 Å². The maximum Gasteiger partial charge on any atom is 0.272 e. The highest BCUT2D eigenvalue weighted by molar-refractivity contribution is 7.90. The van der Waals surface area contributed by atoms with Crippen molar-refractivity contribution in [1.29, 1.82) is 0 Å². The van der Waals surface area contributed by atoms with E-state index in [0.717, 1.165) is 6.16 Å². The maximum atomic E-state index is 10.7. The molecule has 0 amide bonds. The van der Waals surface area contributed by atoms with Gasteiger partial charge in [-0.3, -0.25) is 0 Å². The summed E-state index contributed by atoms with van der Waals surface area (Å²) in [6.45, 7) is 0. The highest BCUT2D eigenvalue weighted by atomic mass is 32.2. The predicted molar refractivity (Wildman–Crippen MR) is 38.3 cm³/mol. The third-order valence-electron chi connectivity index (χ3n) is 1.14. The molecule has 1 heterocycles. The second-order valence-corrected chi connectivity index (χ2v) is 5.53. The molecule has 1 atom stereocenters. The Balaban J connectivity index is 2.56. The van der Waals surface area contributed by atoms with Crippen molar-refractivity contribution >= 4 is 18.5 Å². The molecule has 0 spiro atoms. The maximum absolute atomic E-state index is 10.7. The average Bonchev–Trinajstić information content (AvgIpc) is 1.86. The van der Waals surface area contributed by atoms with Gasteiger partial charge in [0.2, 0.25) is 0 Å². The zero-order valence-electron chi connectivity index (χ0n) is 5.61. The fraction of sp³-hybridized carbons (Fsp3) is 1.00. The van der Waals surface area contributed by atoms with Crippen molar-refractivity contribution < 1.29 is 16.9 Å². The van der Waals surface area contributed by atoms with Crippen molar-refractivity contribution in [2.75, 3.05) is 19.0 Å². The first-order chi connectivity index (χ1) is 4.64. The Bertz CT molecular complexity index is 199. The van der Waals surface area contributed by atoms with Crippen molar-refractivity contribution in [1.82, 2.24) is 0 Å². The predicted octanol–water partition coefficient (Wildman–Crippen LogP) is 0.695. The van der Waals surface area contributed by atoms with Gasteiger partial charge in [0, 0.05) is 13.3 Å². The molecule has 6 heteroatoms. The Morgan fingerprint density at radius 1 is 1.60 bits per heavy atom. The Morgan fingerprint density at radius 3 is 2.70 bits per heavy atom. The van der Waals surface area contributed by atoms with Gasteiger partial charge in [-0.2, -0.15) is 8.42 Å². The highest BCUT2D eigenvalue weighted by Crippen LogP contribution is 2.43. The van der Waals surface area contributed by atoms with Crippen LogP contribution in [0, 0.1) is 0 Å². The van der Waals surface area contributed by atoms with E-state index in [4.69, 9.17) is 4.52 Å². The van der Waals surface area contributed by atoms with Gasteiger partial charge in [0.05, 0.1) is 5.75 Å². The summed E-state index contributed by atoms with van der Waals surface area (Å²) in [5.41, 5.74) is 0. The van der Waals surface area contributed by atoms with Gasteiger partial charge in [-0.15, -0.1) is 0 Å². The molecule has 60 valence electrons. The van der Waals surface area contributed by atoms with Gasteiger partial charge in [-0.25, -0.2) is 3.97 Å². The second-order valence-electron chi connectivity index (χ2n) is 1.93. The normalized spacial score (nSPS) is 31.9. The summed E-state index contributed by atoms with van der Waals surface area (Å²) in [6.07, 6.45) is 1.38. The molecular formula is C4H9O4PS. The summed E-state index contributed by atoms with van der Waals surface area (Å²) >= 11 is 0. The third kappa shape index (κ3) is 2.16. The van der Waals surface area contributed by atoms with Crippen LogP contribution in [0.1, 0.15) is 6.42 Å². The minimum Gasteiger partial charge on any atom is -0.337 e. The Hall–Kier alpha value is 0.300. The molecule has 1 unspecified atom stereocenters. The molecule has 0 aromatic heterocycles. The zero-order chi connectivity index (χ0) is 7.61. The lowest BCUT2D eigenvalue weighted by Crippen LogP contribution is -2.15. The summed E-state index contributed by atoms with van der Waals surface area (Å²) in [4.78, 5) is 0. The van der Waals surface area contributed by atoms with Crippen LogP contribution < -0.4 is 0 Å². The molecule has 1 aliphatic rings. The molecule has 4 nitrogen and oxygen atoms in total. The van der Waals surface area contributed by atoms with Gasteiger partial charge in [0.25, 0.3) is 10.1 Å². The molecule has 0 saturated carbocycles. The van der Waals surface area contributed by atoms with Crippen LogP contribution in [0.5, 0.6) is 0 Å². The largest absolute Gasteiger partial charge is 0.337 e. The van der Waals surface area contributed by atoms with E-state index in [9.17, 15) is 8.42 Å². The Morgan fingerprint density at radius 2 is 2.30 bits per heavy atom. The average molecular weight is 184 g/mol. The number of hydrogen-bond acceptors (Lipinski definition) is 4. The first-order valence-electron chi connectivity index (χ1n) is 2.88. The fourth-order valence-electron chi connectivity index (χ4n) is 0.693. The summed E-state index contributed by atoms with van der Waals surface area (Å²) in [5.74, 6) is 0.134. The van der Waals surface area contributed by atoms with Crippen LogP contribution in [-0.2, 0) is 18.6 Å². The quantitative estimate of drug-likeness (QED) is 0.563. The minimum absolute atomic E-state index is 0.134. The molecule has 0 aromatic rings. The van der Waals surface area contributed by atoms with Gasteiger partial charge in [0.15, 0.2) is 8.38 Å². The molecule has 1 saturated heterocycles. The van der Waals surface area contributed by atoms with E-state index >= 15 is 0 Å². The van der Waals surface area contributed by atoms with E-state index in [1.807, 2.05) is 0 Å². The first kappa shape index (κ1) is 8.40. The summed E-state index contributed by atoms with van der Waals surface area (Å²) in [6, 6.07) is 0. The third-order valence-corrected chi connectivity index (χ3v) is 4.59. The Kier molecular flexibility index (Phi) is 2.63. The van der Waals surface area contributed by atoms with E-state index in [-0.39, 0.29) is 5.75 Å². The van der Waals surface area contributed by atoms with Crippen LogP contribution in [0.4, 0.5) is 0 Å². The molecule has 1 aliphatic heterocycles. The van der Waals surface area contributed by atoms with E-state index in [1.54, 1.807) is 0 Å². The van der Waals surface area contributed by atoms with Gasteiger partial charge in [-0.1, -0.05) is 0 Å². The number of hydrogen-bond donors (Lipinski definition) is 0. The topological polar surface area (TPSA) is 52.6 Å². The van der Waals surface area contributed by atoms with Crippen molar-refractivity contribution in [3.63, 3.8) is 0 Å². The second kappa shape index (κ2) is 3.13. The summed E-state index contributed by atoms with van der Waals surface area (Å²) in [7, 11) is -2.92. The van der Waals surface area contributed by atoms with E-state index in [0.29, 0.717) is 6.42 Å². The van der Waals surface area contributed by atoms with Crippen molar-refractivity contribution in [2.24, 2.45) is 0 Å².